The van der Waals surface area contributed by atoms with Crippen LogP contribution in [0.5, 0.6) is 0 Å². The molecule has 0 amide bonds. The van der Waals surface area contributed by atoms with E-state index in [9.17, 15) is 0 Å². The summed E-state index contributed by atoms with van der Waals surface area (Å²) in [7, 11) is 0. The number of hydrogen-bond donors (Lipinski definition) is 0. The topological polar surface area (TPSA) is 26.0 Å². The molecule has 1 aromatic rings. The van der Waals surface area contributed by atoms with Gasteiger partial charge in [-0.1, -0.05) is 12.1 Å². The Morgan fingerprint density at radius 3 is 2.70 bits per heavy atom. The fourth-order valence-corrected chi connectivity index (χ4v) is 1.08. The number of hydrogen-bond acceptors (Lipinski definition) is 2. The van der Waals surface area contributed by atoms with Crippen LogP contribution in [-0.2, 0) is 5.41 Å². The molecule has 0 atom stereocenters. The maximum Gasteiger partial charge on any atom is 0.142 e. The summed E-state index contributed by atoms with van der Waals surface area (Å²) >= 11 is 0. The summed E-state index contributed by atoms with van der Waals surface area (Å²) in [6.45, 7) is 4.17. The van der Waals surface area contributed by atoms with Crippen LogP contribution in [0.15, 0.2) is 10.6 Å². The van der Waals surface area contributed by atoms with Gasteiger partial charge in [-0.2, -0.15) is 0 Å². The van der Waals surface area contributed by atoms with Gasteiger partial charge in [0.25, 0.3) is 0 Å². The minimum Gasteiger partial charge on any atom is -0.361 e. The summed E-state index contributed by atoms with van der Waals surface area (Å²) in [6, 6.07) is 2.03. The van der Waals surface area contributed by atoms with E-state index in [2.05, 4.69) is 12.1 Å². The Bertz CT molecular complexity index is 248. The Morgan fingerprint density at radius 2 is 2.30 bits per heavy atom. The Labute approximate surface area is 60.2 Å². The first-order valence-corrected chi connectivity index (χ1v) is 3.64. The second-order valence-corrected chi connectivity index (χ2v) is 3.39. The van der Waals surface area contributed by atoms with Gasteiger partial charge in [0.2, 0.25) is 0 Å². The normalized spacial score (nSPS) is 21.0. The van der Waals surface area contributed by atoms with Gasteiger partial charge < -0.3 is 4.52 Å². The number of rotatable bonds is 1. The Hall–Kier alpha value is -0.790. The summed E-state index contributed by atoms with van der Waals surface area (Å²) in [5, 5.41) is 3.85. The lowest BCUT2D eigenvalue weighted by Crippen LogP contribution is -1.95. The molecule has 0 saturated heterocycles. The zero-order chi connectivity index (χ0) is 7.19. The lowest BCUT2D eigenvalue weighted by atomic mass is 10.1. The van der Waals surface area contributed by atoms with Crippen LogP contribution >= 0.6 is 0 Å². The van der Waals surface area contributed by atoms with Crippen molar-refractivity contribution < 1.29 is 4.52 Å². The van der Waals surface area contributed by atoms with Crippen molar-refractivity contribution in [3.05, 3.63) is 17.5 Å². The van der Waals surface area contributed by atoms with Gasteiger partial charge in [0.1, 0.15) is 5.76 Å². The van der Waals surface area contributed by atoms with Crippen LogP contribution in [-0.4, -0.2) is 5.16 Å². The molecule has 10 heavy (non-hydrogen) atoms. The van der Waals surface area contributed by atoms with Crippen LogP contribution in [0, 0.1) is 6.92 Å². The third-order valence-electron chi connectivity index (χ3n) is 2.22. The average molecular weight is 137 g/mol. The first-order valence-electron chi connectivity index (χ1n) is 3.64. The molecular formula is C8H11NO. The molecule has 0 aromatic carbocycles. The fourth-order valence-electron chi connectivity index (χ4n) is 1.08. The van der Waals surface area contributed by atoms with Crippen molar-refractivity contribution in [2.45, 2.75) is 32.1 Å². The van der Waals surface area contributed by atoms with E-state index in [1.165, 1.54) is 12.8 Å². The Kier molecular flexibility index (Phi) is 0.967. The van der Waals surface area contributed by atoms with Crippen molar-refractivity contribution in [2.24, 2.45) is 0 Å². The van der Waals surface area contributed by atoms with E-state index in [4.69, 9.17) is 4.52 Å². The molecule has 1 heterocycles. The molecule has 2 heteroatoms. The van der Waals surface area contributed by atoms with E-state index in [0.717, 1.165) is 11.5 Å². The highest BCUT2D eigenvalue weighted by atomic mass is 16.5. The number of aromatic nitrogens is 1. The van der Waals surface area contributed by atoms with E-state index in [1.807, 2.05) is 13.0 Å². The zero-order valence-electron chi connectivity index (χ0n) is 6.35. The molecule has 1 aromatic heterocycles. The second kappa shape index (κ2) is 1.62. The summed E-state index contributed by atoms with van der Waals surface area (Å²) in [5.41, 5.74) is 1.32. The van der Waals surface area contributed by atoms with Crippen LogP contribution in [0.1, 0.15) is 31.2 Å². The molecule has 1 aliphatic carbocycles. The van der Waals surface area contributed by atoms with E-state index in [1.54, 1.807) is 0 Å². The van der Waals surface area contributed by atoms with Crippen molar-refractivity contribution in [1.29, 1.82) is 0 Å². The zero-order valence-corrected chi connectivity index (χ0v) is 6.35. The molecule has 0 N–H and O–H groups in total. The van der Waals surface area contributed by atoms with Gasteiger partial charge in [-0.25, -0.2) is 0 Å². The third-order valence-corrected chi connectivity index (χ3v) is 2.22. The summed E-state index contributed by atoms with van der Waals surface area (Å²) in [4.78, 5) is 0. The van der Waals surface area contributed by atoms with Crippen molar-refractivity contribution in [1.82, 2.24) is 5.16 Å². The minimum atomic E-state index is 0.335. The Balaban J connectivity index is 2.34. The lowest BCUT2D eigenvalue weighted by molar-refractivity contribution is 0.356. The average Bonchev–Trinajstić information content (AvgIpc) is 2.45. The van der Waals surface area contributed by atoms with Gasteiger partial charge in [0, 0.05) is 11.5 Å². The standard InChI is InChI=1S/C8H11NO/c1-6-5-7(10-9-6)8(2)3-4-8/h5H,3-4H2,1-2H3. The SMILES string of the molecule is Cc1cc(C2(C)CC2)on1. The molecule has 0 bridgehead atoms. The van der Waals surface area contributed by atoms with Gasteiger partial charge in [0.05, 0.1) is 5.69 Å². The first-order chi connectivity index (χ1) is 4.71. The van der Waals surface area contributed by atoms with Crippen LogP contribution in [0.4, 0.5) is 0 Å². The highest BCUT2D eigenvalue weighted by Gasteiger charge is 2.42. The largest absolute Gasteiger partial charge is 0.361 e. The summed E-state index contributed by atoms with van der Waals surface area (Å²) in [6.07, 6.45) is 2.50. The molecule has 0 unspecified atom stereocenters. The van der Waals surface area contributed by atoms with Crippen molar-refractivity contribution >= 4 is 0 Å². The summed E-state index contributed by atoms with van der Waals surface area (Å²) < 4.78 is 5.14. The van der Waals surface area contributed by atoms with Gasteiger partial charge in [-0.3, -0.25) is 0 Å². The van der Waals surface area contributed by atoms with E-state index >= 15 is 0 Å². The maximum atomic E-state index is 5.14. The second-order valence-electron chi connectivity index (χ2n) is 3.39. The van der Waals surface area contributed by atoms with Crippen LogP contribution < -0.4 is 0 Å². The van der Waals surface area contributed by atoms with Crippen molar-refractivity contribution in [3.8, 4) is 0 Å². The predicted octanol–water partition coefficient (Wildman–Crippen LogP) is 2.03. The predicted molar refractivity (Wildman–Crippen MR) is 37.8 cm³/mol. The monoisotopic (exact) mass is 137 g/mol. The van der Waals surface area contributed by atoms with Crippen LogP contribution in [0.3, 0.4) is 0 Å². The maximum absolute atomic E-state index is 5.14. The summed E-state index contributed by atoms with van der Waals surface area (Å²) in [5.74, 6) is 1.06. The third kappa shape index (κ3) is 0.753. The van der Waals surface area contributed by atoms with Crippen molar-refractivity contribution in [2.75, 3.05) is 0 Å². The Morgan fingerprint density at radius 1 is 1.60 bits per heavy atom. The highest BCUT2D eigenvalue weighted by molar-refractivity contribution is 5.20. The molecule has 1 aliphatic rings. The van der Waals surface area contributed by atoms with Gasteiger partial charge in [-0.05, 0) is 19.8 Å². The molecule has 54 valence electrons. The van der Waals surface area contributed by atoms with E-state index in [0.29, 0.717) is 5.41 Å². The first kappa shape index (κ1) is 5.96. The van der Waals surface area contributed by atoms with Gasteiger partial charge >= 0.3 is 0 Å². The molecule has 2 nitrogen and oxygen atoms in total. The van der Waals surface area contributed by atoms with Crippen LogP contribution in [0.25, 0.3) is 0 Å². The molecule has 2 rings (SSSR count). The molecule has 0 aliphatic heterocycles. The molecule has 0 radical (unpaired) electrons. The molecule has 1 saturated carbocycles. The highest BCUT2D eigenvalue weighted by Crippen LogP contribution is 2.47. The number of nitrogens with zero attached hydrogens (tertiary/aromatic N) is 1. The van der Waals surface area contributed by atoms with E-state index in [-0.39, 0.29) is 0 Å². The molecule has 1 fully saturated rings. The lowest BCUT2D eigenvalue weighted by Gasteiger charge is -1.98. The molecular weight excluding hydrogens is 126 g/mol. The van der Waals surface area contributed by atoms with Crippen molar-refractivity contribution in [3.63, 3.8) is 0 Å². The van der Waals surface area contributed by atoms with E-state index < -0.39 is 0 Å². The van der Waals surface area contributed by atoms with Crippen LogP contribution in [0.2, 0.25) is 0 Å². The smallest absolute Gasteiger partial charge is 0.142 e. The minimum absolute atomic E-state index is 0.335. The quantitative estimate of drug-likeness (QED) is 0.592. The molecule has 0 spiro atoms. The number of aryl methyl sites for hydroxylation is 1. The van der Waals surface area contributed by atoms with Gasteiger partial charge in [-0.15, -0.1) is 0 Å². The van der Waals surface area contributed by atoms with Gasteiger partial charge in [0.15, 0.2) is 0 Å². The fraction of sp³-hybridized carbons (Fsp3) is 0.625.